The number of hydrogen-bond acceptors (Lipinski definition) is 7. The van der Waals surface area contributed by atoms with Crippen LogP contribution in [-0.2, 0) is 27.9 Å². The Kier molecular flexibility index (Phi) is 4.89. The first kappa shape index (κ1) is 16.8. The number of sulfonamides is 1. The monoisotopic (exact) mass is 339 g/mol. The molecule has 2 aromatic heterocycles. The smallest absolute Gasteiger partial charge is 0.243 e. The fourth-order valence-electron chi connectivity index (χ4n) is 1.86. The second kappa shape index (κ2) is 6.69. The summed E-state index contributed by atoms with van der Waals surface area (Å²) in [5.41, 5.74) is 2.46. The molecule has 124 valence electrons. The molecule has 0 saturated heterocycles. The molecule has 0 aliphatic rings. The number of nitrogens with zero attached hydrogens (tertiary/aromatic N) is 5. The van der Waals surface area contributed by atoms with E-state index in [4.69, 9.17) is 0 Å². The van der Waals surface area contributed by atoms with Crippen LogP contribution in [0, 0.1) is 13.8 Å². The van der Waals surface area contributed by atoms with Crippen LogP contribution >= 0.6 is 0 Å². The van der Waals surface area contributed by atoms with Crippen molar-refractivity contribution in [2.45, 2.75) is 26.9 Å². The van der Waals surface area contributed by atoms with Gasteiger partial charge in [-0.1, -0.05) is 0 Å². The van der Waals surface area contributed by atoms with Crippen molar-refractivity contribution in [1.29, 1.82) is 0 Å². The molecule has 2 N–H and O–H groups in total. The highest BCUT2D eigenvalue weighted by Crippen LogP contribution is 2.07. The number of aromatic nitrogens is 5. The highest BCUT2D eigenvalue weighted by atomic mass is 32.2. The first-order chi connectivity index (χ1) is 10.7. The van der Waals surface area contributed by atoms with Gasteiger partial charge in [-0.25, -0.2) is 18.4 Å². The fourth-order valence-corrected chi connectivity index (χ4v) is 2.33. The van der Waals surface area contributed by atoms with Gasteiger partial charge in [-0.3, -0.25) is 9.52 Å². The van der Waals surface area contributed by atoms with Gasteiger partial charge in [0.2, 0.25) is 15.9 Å². The van der Waals surface area contributed by atoms with Crippen LogP contribution in [0.4, 0.5) is 5.82 Å². The van der Waals surface area contributed by atoms with E-state index in [0.717, 1.165) is 28.0 Å². The quantitative estimate of drug-likeness (QED) is 0.716. The lowest BCUT2D eigenvalue weighted by Crippen LogP contribution is -2.28. The standard InChI is InChI=1S/C12H17N7O3S/c1-8-10(9(2)15-7-14-8)4-13-12(20)6-19-16-5-11(17-19)18-23(3,21)22/h5,7H,4,6H2,1-3H3,(H,13,20)(H,17,18). The third kappa shape index (κ3) is 4.98. The van der Waals surface area contributed by atoms with Crippen molar-refractivity contribution < 1.29 is 13.2 Å². The summed E-state index contributed by atoms with van der Waals surface area (Å²) in [6.45, 7) is 3.85. The van der Waals surface area contributed by atoms with Crippen molar-refractivity contribution in [3.63, 3.8) is 0 Å². The summed E-state index contributed by atoms with van der Waals surface area (Å²) in [7, 11) is -3.43. The first-order valence-corrected chi connectivity index (χ1v) is 8.55. The molecule has 2 rings (SSSR count). The molecule has 0 unspecified atom stereocenters. The van der Waals surface area contributed by atoms with E-state index in [2.05, 4.69) is 30.2 Å². The van der Waals surface area contributed by atoms with Gasteiger partial charge < -0.3 is 5.32 Å². The van der Waals surface area contributed by atoms with Crippen molar-refractivity contribution in [3.8, 4) is 0 Å². The van der Waals surface area contributed by atoms with Crippen molar-refractivity contribution in [3.05, 3.63) is 29.5 Å². The van der Waals surface area contributed by atoms with E-state index < -0.39 is 10.0 Å². The number of amides is 1. The molecule has 23 heavy (non-hydrogen) atoms. The molecule has 0 bridgehead atoms. The summed E-state index contributed by atoms with van der Waals surface area (Å²) in [5, 5.41) is 10.4. The van der Waals surface area contributed by atoms with Crippen molar-refractivity contribution in [2.75, 3.05) is 11.0 Å². The summed E-state index contributed by atoms with van der Waals surface area (Å²) in [6.07, 6.45) is 3.71. The fraction of sp³-hybridized carbons (Fsp3) is 0.417. The maximum absolute atomic E-state index is 11.9. The largest absolute Gasteiger partial charge is 0.350 e. The molecule has 1 amide bonds. The summed E-state index contributed by atoms with van der Waals surface area (Å²) in [5.74, 6) is -0.252. The molecule has 0 aromatic carbocycles. The van der Waals surface area contributed by atoms with Gasteiger partial charge >= 0.3 is 0 Å². The van der Waals surface area contributed by atoms with Crippen molar-refractivity contribution >= 4 is 21.7 Å². The van der Waals surface area contributed by atoms with Gasteiger partial charge in [0.25, 0.3) is 0 Å². The minimum Gasteiger partial charge on any atom is -0.350 e. The molecule has 10 nitrogen and oxygen atoms in total. The maximum atomic E-state index is 11.9. The lowest BCUT2D eigenvalue weighted by molar-refractivity contribution is -0.122. The summed E-state index contributed by atoms with van der Waals surface area (Å²) < 4.78 is 24.3. The number of aryl methyl sites for hydroxylation is 2. The molecule has 0 spiro atoms. The molecule has 2 heterocycles. The van der Waals surface area contributed by atoms with Crippen LogP contribution in [0.15, 0.2) is 12.5 Å². The third-order valence-electron chi connectivity index (χ3n) is 2.95. The predicted molar refractivity (Wildman–Crippen MR) is 81.8 cm³/mol. The molecule has 0 saturated carbocycles. The van der Waals surface area contributed by atoms with E-state index in [1.54, 1.807) is 0 Å². The molecule has 0 aliphatic heterocycles. The highest BCUT2D eigenvalue weighted by molar-refractivity contribution is 7.92. The third-order valence-corrected chi connectivity index (χ3v) is 3.53. The van der Waals surface area contributed by atoms with Gasteiger partial charge in [0.15, 0.2) is 5.82 Å². The topological polar surface area (TPSA) is 132 Å². The molecule has 0 atom stereocenters. The van der Waals surface area contributed by atoms with Gasteiger partial charge in [0, 0.05) is 23.5 Å². The van der Waals surface area contributed by atoms with E-state index >= 15 is 0 Å². The van der Waals surface area contributed by atoms with Crippen LogP contribution < -0.4 is 10.0 Å². The number of anilines is 1. The maximum Gasteiger partial charge on any atom is 0.243 e. The molecule has 11 heteroatoms. The molecular weight excluding hydrogens is 322 g/mol. The minimum absolute atomic E-state index is 0.0587. The number of nitrogens with one attached hydrogen (secondary N) is 2. The van der Waals surface area contributed by atoms with Crippen LogP contribution in [0.25, 0.3) is 0 Å². The Hall–Kier alpha value is -2.56. The molecule has 2 aromatic rings. The SMILES string of the molecule is Cc1ncnc(C)c1CNC(=O)Cn1ncc(NS(C)(=O)=O)n1. The van der Waals surface area contributed by atoms with Crippen molar-refractivity contribution in [2.24, 2.45) is 0 Å². The van der Waals surface area contributed by atoms with Gasteiger partial charge in [0.1, 0.15) is 12.9 Å². The Labute approximate surface area is 133 Å². The van der Waals surface area contributed by atoms with Gasteiger partial charge in [-0.2, -0.15) is 9.90 Å². The first-order valence-electron chi connectivity index (χ1n) is 6.66. The Morgan fingerprint density at radius 1 is 1.26 bits per heavy atom. The van der Waals surface area contributed by atoms with Crippen LogP contribution in [-0.4, -0.2) is 45.5 Å². The Bertz CT molecular complexity index is 796. The van der Waals surface area contributed by atoms with E-state index in [1.807, 2.05) is 13.8 Å². The van der Waals surface area contributed by atoms with Crippen LogP contribution in [0.1, 0.15) is 17.0 Å². The van der Waals surface area contributed by atoms with E-state index in [9.17, 15) is 13.2 Å². The van der Waals surface area contributed by atoms with E-state index in [-0.39, 0.29) is 18.3 Å². The van der Waals surface area contributed by atoms with Crippen LogP contribution in [0.5, 0.6) is 0 Å². The number of carbonyl (C=O) groups is 1. The zero-order chi connectivity index (χ0) is 17.0. The molecule has 0 fully saturated rings. The van der Waals surface area contributed by atoms with Crippen molar-refractivity contribution in [1.82, 2.24) is 30.3 Å². The summed E-state index contributed by atoms with van der Waals surface area (Å²) in [6, 6.07) is 0. The average Bonchev–Trinajstić information content (AvgIpc) is 2.83. The second-order valence-corrected chi connectivity index (χ2v) is 6.68. The Morgan fingerprint density at radius 3 is 2.52 bits per heavy atom. The number of carbonyl (C=O) groups excluding carboxylic acids is 1. The highest BCUT2D eigenvalue weighted by Gasteiger charge is 2.10. The second-order valence-electron chi connectivity index (χ2n) is 4.93. The molecule has 0 aliphatic carbocycles. The van der Waals surface area contributed by atoms with Crippen LogP contribution in [0.2, 0.25) is 0 Å². The minimum atomic E-state index is -3.43. The van der Waals surface area contributed by atoms with E-state index in [0.29, 0.717) is 6.54 Å². The lowest BCUT2D eigenvalue weighted by atomic mass is 10.2. The normalized spacial score (nSPS) is 11.3. The Morgan fingerprint density at radius 2 is 1.91 bits per heavy atom. The number of rotatable bonds is 6. The van der Waals surface area contributed by atoms with Gasteiger partial charge in [-0.15, -0.1) is 5.10 Å². The molecule has 0 radical (unpaired) electrons. The predicted octanol–water partition coefficient (Wildman–Crippen LogP) is -0.627. The zero-order valence-electron chi connectivity index (χ0n) is 12.9. The van der Waals surface area contributed by atoms with Crippen LogP contribution in [0.3, 0.4) is 0 Å². The van der Waals surface area contributed by atoms with Gasteiger partial charge in [-0.05, 0) is 13.8 Å². The average molecular weight is 339 g/mol. The van der Waals surface area contributed by atoms with E-state index in [1.165, 1.54) is 12.5 Å². The summed E-state index contributed by atoms with van der Waals surface area (Å²) >= 11 is 0. The Balaban J connectivity index is 1.93. The lowest BCUT2D eigenvalue weighted by Gasteiger charge is -2.09. The number of hydrogen-bond donors (Lipinski definition) is 2. The van der Waals surface area contributed by atoms with Gasteiger partial charge in [0.05, 0.1) is 12.5 Å². The molecular formula is C12H17N7O3S. The zero-order valence-corrected chi connectivity index (χ0v) is 13.8. The summed E-state index contributed by atoms with van der Waals surface area (Å²) in [4.78, 5) is 21.2.